The Balaban J connectivity index is 3.21. The number of halogens is 3. The average molecular weight is 174 g/mol. The van der Waals surface area contributed by atoms with Gasteiger partial charge in [-0.1, -0.05) is 6.82 Å². The molecule has 0 atom stereocenters. The summed E-state index contributed by atoms with van der Waals surface area (Å²) in [6.07, 6.45) is 0. The summed E-state index contributed by atoms with van der Waals surface area (Å²) in [7, 11) is 0. The summed E-state index contributed by atoms with van der Waals surface area (Å²) < 4.78 is 37.3. The van der Waals surface area contributed by atoms with Gasteiger partial charge in [0.1, 0.15) is 0 Å². The molecule has 0 unspecified atom stereocenters. The lowest BCUT2D eigenvalue weighted by Gasteiger charge is -2.01. The largest absolute Gasteiger partial charge is 0.446 e. The van der Waals surface area contributed by atoms with Gasteiger partial charge in [0, 0.05) is 0 Å². The third kappa shape index (κ3) is 1.61. The number of benzene rings is 1. The van der Waals surface area contributed by atoms with Crippen LogP contribution < -0.4 is 5.46 Å². The predicted octanol–water partition coefficient (Wildman–Crippen LogP) is 0.925. The zero-order valence-electron chi connectivity index (χ0n) is 6.31. The quantitative estimate of drug-likeness (QED) is 0.495. The second kappa shape index (κ2) is 3.19. The summed E-state index contributed by atoms with van der Waals surface area (Å²) in [5.74, 6) is -4.09. The van der Waals surface area contributed by atoms with Crippen LogP contribution in [0.25, 0.3) is 0 Å². The van der Waals surface area contributed by atoms with E-state index in [1.54, 1.807) is 0 Å². The summed E-state index contributed by atoms with van der Waals surface area (Å²) in [6, 6.07) is 1.53. The molecule has 5 heteroatoms. The van der Waals surface area contributed by atoms with Gasteiger partial charge in [-0.05, 0) is 17.6 Å². The molecule has 12 heavy (non-hydrogen) atoms. The molecule has 1 aromatic rings. The molecule has 0 radical (unpaired) electrons. The van der Waals surface area contributed by atoms with Crippen LogP contribution in [0.2, 0.25) is 6.82 Å². The van der Waals surface area contributed by atoms with Crippen LogP contribution >= 0.6 is 0 Å². The van der Waals surface area contributed by atoms with Crippen LogP contribution in [-0.2, 0) is 0 Å². The Labute approximate surface area is 67.9 Å². The molecular weight excluding hydrogens is 168 g/mol. The molecule has 1 N–H and O–H groups in total. The standard InChI is InChI=1S/C7H6BF3O/c1-8(12)4-2-5(9)7(11)6(10)3-4/h2-3,12H,1H3. The zero-order valence-corrected chi connectivity index (χ0v) is 6.31. The molecule has 0 aromatic heterocycles. The zero-order chi connectivity index (χ0) is 9.30. The molecule has 0 saturated heterocycles. The minimum absolute atomic E-state index is 0.0198. The van der Waals surface area contributed by atoms with E-state index in [4.69, 9.17) is 5.02 Å². The highest BCUT2D eigenvalue weighted by Crippen LogP contribution is 2.07. The van der Waals surface area contributed by atoms with Crippen molar-refractivity contribution >= 4 is 12.4 Å². The Morgan fingerprint density at radius 1 is 1.17 bits per heavy atom. The van der Waals surface area contributed by atoms with Gasteiger partial charge in [-0.2, -0.15) is 0 Å². The fourth-order valence-electron chi connectivity index (χ4n) is 0.816. The van der Waals surface area contributed by atoms with Crippen LogP contribution in [0.1, 0.15) is 0 Å². The third-order valence-corrected chi connectivity index (χ3v) is 1.49. The van der Waals surface area contributed by atoms with Gasteiger partial charge in [0.05, 0.1) is 0 Å². The molecule has 1 nitrogen and oxygen atoms in total. The fourth-order valence-corrected chi connectivity index (χ4v) is 0.816. The van der Waals surface area contributed by atoms with Crippen LogP contribution in [0.5, 0.6) is 0 Å². The highest BCUT2D eigenvalue weighted by Gasteiger charge is 2.14. The average Bonchev–Trinajstić information content (AvgIpc) is 1.99. The van der Waals surface area contributed by atoms with Gasteiger partial charge in [0.2, 0.25) is 0 Å². The van der Waals surface area contributed by atoms with E-state index in [-0.39, 0.29) is 5.46 Å². The molecule has 0 aliphatic heterocycles. The maximum absolute atomic E-state index is 12.5. The van der Waals surface area contributed by atoms with E-state index < -0.39 is 24.4 Å². The van der Waals surface area contributed by atoms with Gasteiger partial charge in [-0.25, -0.2) is 13.2 Å². The molecule has 1 rings (SSSR count). The van der Waals surface area contributed by atoms with Gasteiger partial charge >= 0.3 is 6.92 Å². The van der Waals surface area contributed by atoms with E-state index in [0.717, 1.165) is 12.1 Å². The first-order valence-electron chi connectivity index (χ1n) is 3.35. The van der Waals surface area contributed by atoms with Crippen LogP contribution in [-0.4, -0.2) is 11.9 Å². The minimum atomic E-state index is -1.51. The first-order valence-corrected chi connectivity index (χ1v) is 3.35. The second-order valence-corrected chi connectivity index (χ2v) is 2.47. The van der Waals surface area contributed by atoms with Crippen LogP contribution in [0.3, 0.4) is 0 Å². The van der Waals surface area contributed by atoms with E-state index in [1.165, 1.54) is 6.82 Å². The second-order valence-electron chi connectivity index (χ2n) is 2.47. The highest BCUT2D eigenvalue weighted by molar-refractivity contribution is 6.64. The van der Waals surface area contributed by atoms with Gasteiger partial charge in [0.15, 0.2) is 17.5 Å². The Morgan fingerprint density at radius 3 is 1.92 bits per heavy atom. The molecule has 0 amide bonds. The van der Waals surface area contributed by atoms with Crippen molar-refractivity contribution in [1.29, 1.82) is 0 Å². The molecular formula is C7H6BF3O. The smallest absolute Gasteiger partial charge is 0.320 e. The molecule has 1 aromatic carbocycles. The van der Waals surface area contributed by atoms with Crippen LogP contribution in [0.4, 0.5) is 13.2 Å². The first-order chi connectivity index (χ1) is 5.52. The van der Waals surface area contributed by atoms with Crippen molar-refractivity contribution < 1.29 is 18.2 Å². The SMILES string of the molecule is CB(O)c1cc(F)c(F)c(F)c1. The van der Waals surface area contributed by atoms with Gasteiger partial charge in [0.25, 0.3) is 0 Å². The van der Waals surface area contributed by atoms with Crippen molar-refractivity contribution in [2.24, 2.45) is 0 Å². The summed E-state index contributed by atoms with van der Waals surface area (Å²) in [4.78, 5) is 0. The van der Waals surface area contributed by atoms with E-state index >= 15 is 0 Å². The molecule has 64 valence electrons. The Kier molecular flexibility index (Phi) is 2.42. The van der Waals surface area contributed by atoms with E-state index in [2.05, 4.69) is 0 Å². The van der Waals surface area contributed by atoms with E-state index in [9.17, 15) is 13.2 Å². The number of hydrogen-bond donors (Lipinski definition) is 1. The van der Waals surface area contributed by atoms with Crippen LogP contribution in [0.15, 0.2) is 12.1 Å². The number of rotatable bonds is 1. The first kappa shape index (κ1) is 9.13. The maximum atomic E-state index is 12.5. The lowest BCUT2D eigenvalue weighted by molar-refractivity contribution is 0.448. The van der Waals surface area contributed by atoms with Crippen molar-refractivity contribution in [2.45, 2.75) is 6.82 Å². The highest BCUT2D eigenvalue weighted by atomic mass is 19.2. The van der Waals surface area contributed by atoms with Gasteiger partial charge in [-0.3, -0.25) is 0 Å². The molecule has 0 saturated carbocycles. The fraction of sp³-hybridized carbons (Fsp3) is 0.143. The summed E-state index contributed by atoms with van der Waals surface area (Å²) in [6.45, 7) is 0.334. The van der Waals surface area contributed by atoms with Gasteiger partial charge in [-0.15, -0.1) is 0 Å². The Bertz CT molecular complexity index is 278. The van der Waals surface area contributed by atoms with E-state index in [0.29, 0.717) is 0 Å². The topological polar surface area (TPSA) is 20.2 Å². The van der Waals surface area contributed by atoms with Gasteiger partial charge < -0.3 is 5.02 Å². The summed E-state index contributed by atoms with van der Waals surface area (Å²) in [5, 5.41) is 8.91. The number of hydrogen-bond acceptors (Lipinski definition) is 1. The van der Waals surface area contributed by atoms with Crippen molar-refractivity contribution in [2.75, 3.05) is 0 Å². The summed E-state index contributed by atoms with van der Waals surface area (Å²) in [5.41, 5.74) is 0.0198. The third-order valence-electron chi connectivity index (χ3n) is 1.49. The Morgan fingerprint density at radius 2 is 1.58 bits per heavy atom. The summed E-state index contributed by atoms with van der Waals surface area (Å²) >= 11 is 0. The molecule has 0 aliphatic carbocycles. The van der Waals surface area contributed by atoms with Crippen molar-refractivity contribution in [3.63, 3.8) is 0 Å². The van der Waals surface area contributed by atoms with Crippen LogP contribution in [0, 0.1) is 17.5 Å². The van der Waals surface area contributed by atoms with Crippen molar-refractivity contribution in [3.8, 4) is 0 Å². The molecule has 0 fully saturated rings. The van der Waals surface area contributed by atoms with Crippen molar-refractivity contribution in [3.05, 3.63) is 29.6 Å². The molecule has 0 aliphatic rings. The lowest BCUT2D eigenvalue weighted by Crippen LogP contribution is -2.27. The van der Waals surface area contributed by atoms with E-state index in [1.807, 2.05) is 0 Å². The predicted molar refractivity (Wildman–Crippen MR) is 39.8 cm³/mol. The van der Waals surface area contributed by atoms with Crippen molar-refractivity contribution in [1.82, 2.24) is 0 Å². The molecule has 0 bridgehead atoms. The molecule has 0 heterocycles. The Hall–Kier alpha value is -0.965. The molecule has 0 spiro atoms. The lowest BCUT2D eigenvalue weighted by atomic mass is 9.64. The minimum Gasteiger partial charge on any atom is -0.446 e. The normalized spacial score (nSPS) is 10.1. The monoisotopic (exact) mass is 174 g/mol. The maximum Gasteiger partial charge on any atom is 0.320 e.